The number of rotatable bonds is 2. The molecule has 3 heteroatoms. The number of fused-ring (bicyclic) bond motifs is 1. The number of nitrogens with one attached hydrogen (secondary N) is 1. The molecule has 0 aliphatic heterocycles. The van der Waals surface area contributed by atoms with Crippen LogP contribution in [0.4, 0.5) is 0 Å². The molecule has 1 aliphatic rings. The first kappa shape index (κ1) is 8.75. The van der Waals surface area contributed by atoms with Crippen molar-refractivity contribution >= 4 is 0 Å². The van der Waals surface area contributed by atoms with Crippen LogP contribution in [-0.4, -0.2) is 16.8 Å². The summed E-state index contributed by atoms with van der Waals surface area (Å²) in [6.07, 6.45) is 5.75. The minimum atomic E-state index is 0.532. The summed E-state index contributed by atoms with van der Waals surface area (Å²) in [6.45, 7) is 3.14. The van der Waals surface area contributed by atoms with E-state index < -0.39 is 0 Å². The fourth-order valence-corrected chi connectivity index (χ4v) is 2.19. The van der Waals surface area contributed by atoms with Gasteiger partial charge >= 0.3 is 0 Å². The van der Waals surface area contributed by atoms with E-state index in [1.807, 2.05) is 13.2 Å². The molecular weight excluding hydrogens is 162 g/mol. The van der Waals surface area contributed by atoms with Gasteiger partial charge in [-0.05, 0) is 33.2 Å². The van der Waals surface area contributed by atoms with E-state index in [9.17, 15) is 0 Å². The van der Waals surface area contributed by atoms with Gasteiger partial charge in [-0.15, -0.1) is 0 Å². The second kappa shape index (κ2) is 3.50. The van der Waals surface area contributed by atoms with Gasteiger partial charge in [0.15, 0.2) is 0 Å². The summed E-state index contributed by atoms with van der Waals surface area (Å²) < 4.78 is 2.12. The second-order valence-corrected chi connectivity index (χ2v) is 3.60. The van der Waals surface area contributed by atoms with Crippen molar-refractivity contribution in [1.29, 1.82) is 0 Å². The summed E-state index contributed by atoms with van der Waals surface area (Å²) in [5.74, 6) is 0. The van der Waals surface area contributed by atoms with Gasteiger partial charge in [-0.1, -0.05) is 0 Å². The van der Waals surface area contributed by atoms with E-state index in [2.05, 4.69) is 22.0 Å². The smallest absolute Gasteiger partial charge is 0.0540 e. The number of aryl methyl sites for hydroxylation is 1. The number of aromatic nitrogens is 2. The molecule has 1 aromatic heterocycles. The van der Waals surface area contributed by atoms with E-state index >= 15 is 0 Å². The zero-order valence-electron chi connectivity index (χ0n) is 8.38. The first-order chi connectivity index (χ1) is 6.36. The van der Waals surface area contributed by atoms with Gasteiger partial charge in [0.05, 0.1) is 6.20 Å². The molecule has 1 heterocycles. The minimum Gasteiger partial charge on any atom is -0.313 e. The fraction of sp³-hybridized carbons (Fsp3) is 0.700. The molecule has 0 fully saturated rings. The molecule has 0 spiro atoms. The highest BCUT2D eigenvalue weighted by atomic mass is 15.3. The Morgan fingerprint density at radius 2 is 2.54 bits per heavy atom. The van der Waals surface area contributed by atoms with E-state index in [0.717, 1.165) is 6.54 Å². The van der Waals surface area contributed by atoms with E-state index in [4.69, 9.17) is 0 Å². The molecule has 1 aromatic rings. The maximum Gasteiger partial charge on any atom is 0.0540 e. The third-order valence-corrected chi connectivity index (χ3v) is 2.91. The van der Waals surface area contributed by atoms with Gasteiger partial charge in [0.2, 0.25) is 0 Å². The van der Waals surface area contributed by atoms with Crippen molar-refractivity contribution in [1.82, 2.24) is 15.1 Å². The van der Waals surface area contributed by atoms with Gasteiger partial charge in [-0.3, -0.25) is 4.68 Å². The van der Waals surface area contributed by atoms with Gasteiger partial charge in [-0.25, -0.2) is 0 Å². The summed E-state index contributed by atoms with van der Waals surface area (Å²) in [5, 5.41) is 7.74. The Bertz CT molecular complexity index is 290. The quantitative estimate of drug-likeness (QED) is 0.745. The summed E-state index contributed by atoms with van der Waals surface area (Å²) >= 11 is 0. The topological polar surface area (TPSA) is 29.9 Å². The maximum atomic E-state index is 4.39. The molecule has 0 saturated carbocycles. The molecule has 0 aromatic carbocycles. The molecule has 0 amide bonds. The van der Waals surface area contributed by atoms with E-state index in [0.29, 0.717) is 6.04 Å². The van der Waals surface area contributed by atoms with Gasteiger partial charge in [0.25, 0.3) is 0 Å². The van der Waals surface area contributed by atoms with E-state index in [1.54, 1.807) is 0 Å². The molecule has 0 saturated heterocycles. The SMILES string of the molecule is CCn1ncc2c1CCCC2NC. The lowest BCUT2D eigenvalue weighted by atomic mass is 9.93. The van der Waals surface area contributed by atoms with Crippen LogP contribution in [0.2, 0.25) is 0 Å². The molecule has 0 bridgehead atoms. The average Bonchev–Trinajstić information content (AvgIpc) is 2.60. The lowest BCUT2D eigenvalue weighted by molar-refractivity contribution is 0.479. The lowest BCUT2D eigenvalue weighted by Gasteiger charge is -2.22. The van der Waals surface area contributed by atoms with Crippen molar-refractivity contribution < 1.29 is 0 Å². The summed E-state index contributed by atoms with van der Waals surface area (Å²) in [7, 11) is 2.03. The molecule has 1 aliphatic carbocycles. The van der Waals surface area contributed by atoms with Gasteiger partial charge in [0.1, 0.15) is 0 Å². The number of nitrogens with zero attached hydrogens (tertiary/aromatic N) is 2. The highest BCUT2D eigenvalue weighted by molar-refractivity contribution is 5.24. The maximum absolute atomic E-state index is 4.39. The van der Waals surface area contributed by atoms with Gasteiger partial charge in [0, 0.05) is 23.8 Å². The van der Waals surface area contributed by atoms with Crippen LogP contribution in [0.3, 0.4) is 0 Å². The Labute approximate surface area is 79.1 Å². The average molecular weight is 179 g/mol. The van der Waals surface area contributed by atoms with Crippen LogP contribution in [0.25, 0.3) is 0 Å². The largest absolute Gasteiger partial charge is 0.313 e. The highest BCUT2D eigenvalue weighted by Crippen LogP contribution is 2.28. The molecule has 1 N–H and O–H groups in total. The van der Waals surface area contributed by atoms with Crippen LogP contribution in [0.5, 0.6) is 0 Å². The first-order valence-electron chi connectivity index (χ1n) is 5.08. The molecule has 13 heavy (non-hydrogen) atoms. The number of hydrogen-bond acceptors (Lipinski definition) is 2. The molecule has 72 valence electrons. The fourth-order valence-electron chi connectivity index (χ4n) is 2.19. The Balaban J connectivity index is 2.36. The summed E-state index contributed by atoms with van der Waals surface area (Å²) in [5.41, 5.74) is 2.85. The Morgan fingerprint density at radius 3 is 3.23 bits per heavy atom. The standard InChI is InChI=1S/C10H17N3/c1-3-13-10-6-4-5-9(11-2)8(10)7-12-13/h7,9,11H,3-6H2,1-2H3. The zero-order valence-corrected chi connectivity index (χ0v) is 8.38. The molecule has 2 rings (SSSR count). The highest BCUT2D eigenvalue weighted by Gasteiger charge is 2.21. The molecular formula is C10H17N3. The Morgan fingerprint density at radius 1 is 1.69 bits per heavy atom. The third-order valence-electron chi connectivity index (χ3n) is 2.91. The van der Waals surface area contributed by atoms with Crippen molar-refractivity contribution in [3.8, 4) is 0 Å². The van der Waals surface area contributed by atoms with Crippen LogP contribution < -0.4 is 5.32 Å². The summed E-state index contributed by atoms with van der Waals surface area (Å²) in [6, 6.07) is 0.532. The monoisotopic (exact) mass is 179 g/mol. The van der Waals surface area contributed by atoms with Crippen molar-refractivity contribution in [2.45, 2.75) is 38.8 Å². The Hall–Kier alpha value is -0.830. The van der Waals surface area contributed by atoms with E-state index in [-0.39, 0.29) is 0 Å². The molecule has 1 atom stereocenters. The number of hydrogen-bond donors (Lipinski definition) is 1. The normalized spacial score (nSPS) is 21.5. The van der Waals surface area contributed by atoms with Gasteiger partial charge < -0.3 is 5.32 Å². The van der Waals surface area contributed by atoms with Crippen molar-refractivity contribution in [3.63, 3.8) is 0 Å². The molecule has 3 nitrogen and oxygen atoms in total. The first-order valence-corrected chi connectivity index (χ1v) is 5.08. The van der Waals surface area contributed by atoms with Gasteiger partial charge in [-0.2, -0.15) is 5.10 Å². The van der Waals surface area contributed by atoms with Crippen LogP contribution in [0.15, 0.2) is 6.20 Å². The van der Waals surface area contributed by atoms with E-state index in [1.165, 1.54) is 30.5 Å². The second-order valence-electron chi connectivity index (χ2n) is 3.60. The third kappa shape index (κ3) is 1.37. The van der Waals surface area contributed by atoms with Crippen LogP contribution in [0.1, 0.15) is 37.1 Å². The van der Waals surface area contributed by atoms with Crippen LogP contribution >= 0.6 is 0 Å². The predicted molar refractivity (Wildman–Crippen MR) is 52.6 cm³/mol. The van der Waals surface area contributed by atoms with Crippen molar-refractivity contribution in [3.05, 3.63) is 17.5 Å². The summed E-state index contributed by atoms with van der Waals surface area (Å²) in [4.78, 5) is 0. The van der Waals surface area contributed by atoms with Crippen LogP contribution in [0, 0.1) is 0 Å². The van der Waals surface area contributed by atoms with Crippen LogP contribution in [-0.2, 0) is 13.0 Å². The zero-order chi connectivity index (χ0) is 9.26. The Kier molecular flexibility index (Phi) is 2.36. The lowest BCUT2D eigenvalue weighted by Crippen LogP contribution is -2.21. The van der Waals surface area contributed by atoms with Crippen molar-refractivity contribution in [2.24, 2.45) is 0 Å². The molecule has 0 radical (unpaired) electrons. The van der Waals surface area contributed by atoms with Crippen molar-refractivity contribution in [2.75, 3.05) is 7.05 Å². The molecule has 1 unspecified atom stereocenters. The minimum absolute atomic E-state index is 0.532. The predicted octanol–water partition coefficient (Wildman–Crippen LogP) is 1.50.